The number of hydrogen-bond donors (Lipinski definition) is 1. The van der Waals surface area contributed by atoms with Gasteiger partial charge in [0.25, 0.3) is 0 Å². The van der Waals surface area contributed by atoms with Crippen LogP contribution in [0.3, 0.4) is 0 Å². The lowest BCUT2D eigenvalue weighted by Crippen LogP contribution is -2.00. The number of hydrogen-bond acceptors (Lipinski definition) is 7. The van der Waals surface area contributed by atoms with Crippen molar-refractivity contribution in [2.45, 2.75) is 0 Å². The molecule has 0 aromatic carbocycles. The van der Waals surface area contributed by atoms with Crippen molar-refractivity contribution in [2.75, 3.05) is 20.0 Å². The molecule has 0 bridgehead atoms. The number of carbonyl (C=O) groups is 2. The predicted octanol–water partition coefficient (Wildman–Crippen LogP) is 3.41. The van der Waals surface area contributed by atoms with Gasteiger partial charge in [-0.2, -0.15) is 0 Å². The molecule has 0 aliphatic heterocycles. The van der Waals surface area contributed by atoms with E-state index in [-0.39, 0.29) is 11.9 Å². The van der Waals surface area contributed by atoms with Gasteiger partial charge in [-0.25, -0.2) is 9.59 Å². The van der Waals surface area contributed by atoms with Crippen molar-refractivity contribution in [3.63, 3.8) is 0 Å². The lowest BCUT2D eigenvalue weighted by molar-refractivity contribution is 0.0597. The van der Waals surface area contributed by atoms with Gasteiger partial charge in [0.05, 0.1) is 19.9 Å². The molecule has 0 amide bonds. The maximum atomic E-state index is 10.9. The van der Waals surface area contributed by atoms with E-state index < -0.39 is 0 Å². The van der Waals surface area contributed by atoms with E-state index in [1.54, 1.807) is 11.4 Å². The average molecular weight is 378 g/mol. The number of carbonyl (C=O) groups excluding carboxylic acids is 2. The average Bonchev–Trinajstić information content (AvgIpc) is 3.06. The first kappa shape index (κ1) is 16.7. The number of methoxy groups -OCH3 is 2. The zero-order valence-electron chi connectivity index (χ0n) is 10.7. The van der Waals surface area contributed by atoms with Crippen molar-refractivity contribution >= 4 is 56.2 Å². The third-order valence-corrected chi connectivity index (χ3v) is 4.78. The minimum absolute atomic E-state index is 0.290. The standard InChI is InChI=1S/C6H5BrO2S.C6H7NO2S/c2*1-9-6(8)5-4(7)2-3-10-5/h2-3H,1H3;2-3H,7H2,1H3. The minimum atomic E-state index is -0.368. The Morgan fingerprint density at radius 2 is 1.55 bits per heavy atom. The van der Waals surface area contributed by atoms with Crippen LogP contribution in [0, 0.1) is 0 Å². The second-order valence-corrected chi connectivity index (χ2v) is 5.97. The molecule has 2 heterocycles. The smallest absolute Gasteiger partial charge is 0.350 e. The van der Waals surface area contributed by atoms with Crippen LogP contribution < -0.4 is 5.73 Å². The number of ether oxygens (including phenoxy) is 2. The molecule has 2 N–H and O–H groups in total. The van der Waals surface area contributed by atoms with Crippen LogP contribution in [0.25, 0.3) is 0 Å². The third kappa shape index (κ3) is 4.32. The van der Waals surface area contributed by atoms with Crippen molar-refractivity contribution in [3.05, 3.63) is 37.1 Å². The molecule has 20 heavy (non-hydrogen) atoms. The molecular formula is C12H12BrNO4S2. The van der Waals surface area contributed by atoms with E-state index in [0.717, 1.165) is 4.47 Å². The highest BCUT2D eigenvalue weighted by molar-refractivity contribution is 9.10. The Morgan fingerprint density at radius 3 is 1.95 bits per heavy atom. The van der Waals surface area contributed by atoms with Crippen LogP contribution >= 0.6 is 38.6 Å². The predicted molar refractivity (Wildman–Crippen MR) is 83.4 cm³/mol. The molecule has 0 radical (unpaired) electrons. The highest BCUT2D eigenvalue weighted by Gasteiger charge is 2.10. The van der Waals surface area contributed by atoms with Crippen LogP contribution in [0.4, 0.5) is 5.69 Å². The molecular weight excluding hydrogens is 366 g/mol. The number of thiophene rings is 2. The van der Waals surface area contributed by atoms with Gasteiger partial charge in [0.1, 0.15) is 9.75 Å². The van der Waals surface area contributed by atoms with Crippen molar-refractivity contribution in [1.29, 1.82) is 0 Å². The number of nitrogens with two attached hydrogens (primary N) is 1. The largest absolute Gasteiger partial charge is 0.465 e. The SMILES string of the molecule is COC(=O)c1sccc1Br.COC(=O)c1sccc1N. The molecule has 2 aromatic rings. The fraction of sp³-hybridized carbons (Fsp3) is 0.167. The van der Waals surface area contributed by atoms with Crippen molar-refractivity contribution < 1.29 is 19.1 Å². The monoisotopic (exact) mass is 377 g/mol. The molecule has 0 atom stereocenters. The van der Waals surface area contributed by atoms with E-state index in [1.807, 2.05) is 11.4 Å². The van der Waals surface area contributed by atoms with Gasteiger partial charge in [-0.05, 0) is 38.8 Å². The topological polar surface area (TPSA) is 78.6 Å². The van der Waals surface area contributed by atoms with Gasteiger partial charge in [0.15, 0.2) is 0 Å². The first-order valence-electron chi connectivity index (χ1n) is 5.23. The second kappa shape index (κ2) is 8.03. The third-order valence-electron chi connectivity index (χ3n) is 2.05. The van der Waals surface area contributed by atoms with Gasteiger partial charge in [-0.1, -0.05) is 0 Å². The van der Waals surface area contributed by atoms with Crippen LogP contribution in [-0.2, 0) is 9.47 Å². The summed E-state index contributed by atoms with van der Waals surface area (Å²) in [5.41, 5.74) is 5.91. The molecule has 0 aliphatic carbocycles. The van der Waals surface area contributed by atoms with E-state index in [2.05, 4.69) is 25.4 Å². The summed E-state index contributed by atoms with van der Waals surface area (Å²) in [7, 11) is 2.70. The number of esters is 2. The number of rotatable bonds is 2. The number of nitrogen functional groups attached to an aromatic ring is 1. The Morgan fingerprint density at radius 1 is 1.05 bits per heavy atom. The van der Waals surface area contributed by atoms with Crippen LogP contribution in [0.5, 0.6) is 0 Å². The highest BCUT2D eigenvalue weighted by Crippen LogP contribution is 2.22. The summed E-state index contributed by atoms with van der Waals surface area (Å²) in [5, 5.41) is 3.58. The molecule has 0 spiro atoms. The molecule has 2 rings (SSSR count). The van der Waals surface area contributed by atoms with Gasteiger partial charge in [-0.15, -0.1) is 22.7 Å². The van der Waals surface area contributed by atoms with Crippen molar-refractivity contribution in [3.8, 4) is 0 Å². The normalized spacial score (nSPS) is 9.35. The Kier molecular flexibility index (Phi) is 6.69. The van der Waals surface area contributed by atoms with Crippen molar-refractivity contribution in [2.24, 2.45) is 0 Å². The quantitative estimate of drug-likeness (QED) is 0.811. The highest BCUT2D eigenvalue weighted by atomic mass is 79.9. The van der Waals surface area contributed by atoms with Crippen LogP contribution in [0.2, 0.25) is 0 Å². The van der Waals surface area contributed by atoms with Crippen LogP contribution in [0.1, 0.15) is 19.3 Å². The van der Waals surface area contributed by atoms with Gasteiger partial charge < -0.3 is 15.2 Å². The maximum Gasteiger partial charge on any atom is 0.350 e. The van der Waals surface area contributed by atoms with E-state index >= 15 is 0 Å². The second-order valence-electron chi connectivity index (χ2n) is 3.29. The van der Waals surface area contributed by atoms with Crippen LogP contribution in [0.15, 0.2) is 27.4 Å². The summed E-state index contributed by atoms with van der Waals surface area (Å²) in [6, 6.07) is 3.49. The molecule has 108 valence electrons. The summed E-state index contributed by atoms with van der Waals surface area (Å²) in [5.74, 6) is -0.658. The molecule has 0 unspecified atom stereocenters. The van der Waals surface area contributed by atoms with E-state index in [4.69, 9.17) is 5.73 Å². The molecule has 8 heteroatoms. The van der Waals surface area contributed by atoms with Gasteiger partial charge >= 0.3 is 11.9 Å². The zero-order valence-corrected chi connectivity index (χ0v) is 13.9. The summed E-state index contributed by atoms with van der Waals surface area (Å²) in [6.07, 6.45) is 0. The number of halogens is 1. The Labute approximate surface area is 132 Å². The summed E-state index contributed by atoms with van der Waals surface area (Å²) in [4.78, 5) is 22.7. The molecule has 0 aliphatic rings. The summed E-state index contributed by atoms with van der Waals surface area (Å²) < 4.78 is 9.78. The summed E-state index contributed by atoms with van der Waals surface area (Å²) >= 11 is 5.86. The zero-order chi connectivity index (χ0) is 15.1. The minimum Gasteiger partial charge on any atom is -0.465 e. The van der Waals surface area contributed by atoms with E-state index in [0.29, 0.717) is 15.4 Å². The maximum absolute atomic E-state index is 10.9. The van der Waals surface area contributed by atoms with Gasteiger partial charge in [0.2, 0.25) is 0 Å². The van der Waals surface area contributed by atoms with Crippen molar-refractivity contribution in [1.82, 2.24) is 0 Å². The molecule has 0 saturated carbocycles. The van der Waals surface area contributed by atoms with Crippen LogP contribution in [-0.4, -0.2) is 26.2 Å². The molecule has 5 nitrogen and oxygen atoms in total. The van der Waals surface area contributed by atoms with E-state index in [9.17, 15) is 9.59 Å². The van der Waals surface area contributed by atoms with E-state index in [1.165, 1.54) is 36.9 Å². The Balaban J connectivity index is 0.000000200. The Bertz CT molecular complexity index is 542. The van der Waals surface area contributed by atoms with Gasteiger partial charge in [-0.3, -0.25) is 0 Å². The fourth-order valence-corrected chi connectivity index (χ4v) is 3.29. The van der Waals surface area contributed by atoms with Gasteiger partial charge in [0, 0.05) is 4.47 Å². The summed E-state index contributed by atoms with van der Waals surface area (Å²) in [6.45, 7) is 0. The molecule has 0 saturated heterocycles. The fourth-order valence-electron chi connectivity index (χ4n) is 1.11. The lowest BCUT2D eigenvalue weighted by atomic mass is 10.4. The molecule has 0 fully saturated rings. The Hall–Kier alpha value is -1.38. The first-order valence-corrected chi connectivity index (χ1v) is 7.79. The lowest BCUT2D eigenvalue weighted by Gasteiger charge is -1.94. The first-order chi connectivity index (χ1) is 9.51. The number of anilines is 1. The molecule has 2 aromatic heterocycles.